The number of carbonyl (C=O) groups excluding carboxylic acids is 3. The van der Waals surface area contributed by atoms with E-state index < -0.39 is 34.7 Å². The van der Waals surface area contributed by atoms with Gasteiger partial charge in [-0.2, -0.15) is 0 Å². The SMILES string of the molecule is CC(=O)OCC1=C(C(=O)O)N2C(=O)C(N)(COC(=O)Cc3cccs3)[C@H]2SC1. The van der Waals surface area contributed by atoms with Crippen LogP contribution >= 0.6 is 23.1 Å². The second kappa shape index (κ2) is 7.94. The number of carboxylic acid groups (broad SMARTS) is 1. The lowest BCUT2D eigenvalue weighted by molar-refractivity contribution is -0.162. The van der Waals surface area contributed by atoms with Crippen molar-refractivity contribution in [2.75, 3.05) is 19.0 Å². The van der Waals surface area contributed by atoms with Crippen LogP contribution in [0.25, 0.3) is 0 Å². The van der Waals surface area contributed by atoms with Crippen molar-refractivity contribution in [3.05, 3.63) is 33.7 Å². The van der Waals surface area contributed by atoms with Crippen LogP contribution in [-0.2, 0) is 35.1 Å². The largest absolute Gasteiger partial charge is 0.477 e. The molecule has 0 spiro atoms. The van der Waals surface area contributed by atoms with Crippen molar-refractivity contribution in [3.8, 4) is 0 Å². The Bertz CT molecular complexity index is 852. The number of hydrogen-bond acceptors (Lipinski definition) is 9. The lowest BCUT2D eigenvalue weighted by Gasteiger charge is -2.54. The molecule has 0 aromatic carbocycles. The second-order valence-electron chi connectivity index (χ2n) is 6.33. The number of β-lactam (4-membered cyclic amide) rings is 1. The Morgan fingerprint density at radius 3 is 2.75 bits per heavy atom. The summed E-state index contributed by atoms with van der Waals surface area (Å²) in [6, 6.07) is 3.61. The Labute approximate surface area is 168 Å². The summed E-state index contributed by atoms with van der Waals surface area (Å²) < 4.78 is 10.1. The molecule has 2 aliphatic heterocycles. The number of fused-ring (bicyclic) bond motifs is 1. The molecule has 3 N–H and O–H groups in total. The van der Waals surface area contributed by atoms with Gasteiger partial charge in [0.15, 0.2) is 5.54 Å². The first kappa shape index (κ1) is 20.4. The number of esters is 2. The van der Waals surface area contributed by atoms with Crippen LogP contribution in [-0.4, -0.2) is 63.7 Å². The van der Waals surface area contributed by atoms with Crippen LogP contribution in [0.3, 0.4) is 0 Å². The highest BCUT2D eigenvalue weighted by atomic mass is 32.2. The van der Waals surface area contributed by atoms with Crippen LogP contribution in [0, 0.1) is 0 Å². The maximum atomic E-state index is 12.6. The van der Waals surface area contributed by atoms with E-state index in [1.807, 2.05) is 11.4 Å². The topological polar surface area (TPSA) is 136 Å². The molecule has 150 valence electrons. The first-order valence-corrected chi connectivity index (χ1v) is 10.2. The molecule has 1 aromatic heterocycles. The molecule has 1 saturated heterocycles. The van der Waals surface area contributed by atoms with E-state index in [1.54, 1.807) is 6.07 Å². The molecule has 2 aliphatic rings. The van der Waals surface area contributed by atoms with Crippen molar-refractivity contribution in [2.24, 2.45) is 5.73 Å². The lowest BCUT2D eigenvalue weighted by atomic mass is 9.88. The van der Waals surface area contributed by atoms with Crippen LogP contribution in [0.5, 0.6) is 0 Å². The van der Waals surface area contributed by atoms with Gasteiger partial charge in [-0.15, -0.1) is 23.1 Å². The molecule has 0 radical (unpaired) electrons. The van der Waals surface area contributed by atoms with Gasteiger partial charge in [-0.25, -0.2) is 4.79 Å². The fourth-order valence-electron chi connectivity index (χ4n) is 2.95. The molecule has 9 nitrogen and oxygen atoms in total. The fraction of sp³-hybridized carbons (Fsp3) is 0.412. The molecule has 28 heavy (non-hydrogen) atoms. The maximum Gasteiger partial charge on any atom is 0.352 e. The van der Waals surface area contributed by atoms with Crippen molar-refractivity contribution in [3.63, 3.8) is 0 Å². The van der Waals surface area contributed by atoms with Gasteiger partial charge in [0.1, 0.15) is 24.3 Å². The van der Waals surface area contributed by atoms with E-state index in [2.05, 4.69) is 0 Å². The van der Waals surface area contributed by atoms with Gasteiger partial charge >= 0.3 is 17.9 Å². The first-order valence-electron chi connectivity index (χ1n) is 8.25. The number of aliphatic carboxylic acids is 1. The zero-order valence-corrected chi connectivity index (χ0v) is 16.5. The predicted octanol–water partition coefficient (Wildman–Crippen LogP) is 0.348. The minimum Gasteiger partial charge on any atom is -0.477 e. The summed E-state index contributed by atoms with van der Waals surface area (Å²) in [5, 5.41) is 10.7. The lowest BCUT2D eigenvalue weighted by Crippen LogP contribution is -2.79. The zero-order chi connectivity index (χ0) is 20.5. The molecule has 2 atom stereocenters. The van der Waals surface area contributed by atoms with Crippen LogP contribution in [0.1, 0.15) is 11.8 Å². The number of carboxylic acids is 1. The van der Waals surface area contributed by atoms with Gasteiger partial charge in [-0.3, -0.25) is 19.3 Å². The van der Waals surface area contributed by atoms with Crippen LogP contribution in [0.15, 0.2) is 28.8 Å². The number of hydrogen-bond donors (Lipinski definition) is 2. The Balaban J connectivity index is 1.69. The summed E-state index contributed by atoms with van der Waals surface area (Å²) in [6.07, 6.45) is 0.0796. The maximum absolute atomic E-state index is 12.6. The number of rotatable bonds is 7. The normalized spacial score (nSPS) is 23.7. The Morgan fingerprint density at radius 2 is 2.14 bits per heavy atom. The number of nitrogens with zero attached hydrogens (tertiary/aromatic N) is 1. The Hall–Kier alpha value is -2.37. The summed E-state index contributed by atoms with van der Waals surface area (Å²) in [6.45, 7) is 0.661. The highest BCUT2D eigenvalue weighted by molar-refractivity contribution is 8.00. The third kappa shape index (κ3) is 3.77. The number of amides is 1. The fourth-order valence-corrected chi connectivity index (χ4v) is 5.04. The highest BCUT2D eigenvalue weighted by Crippen LogP contribution is 2.45. The van der Waals surface area contributed by atoms with E-state index in [-0.39, 0.29) is 31.1 Å². The third-order valence-electron chi connectivity index (χ3n) is 4.31. The summed E-state index contributed by atoms with van der Waals surface area (Å²) in [5.41, 5.74) is 4.75. The average molecular weight is 426 g/mol. The van der Waals surface area contributed by atoms with E-state index in [1.165, 1.54) is 30.0 Å². The zero-order valence-electron chi connectivity index (χ0n) is 14.9. The number of thioether (sulfide) groups is 1. The van der Waals surface area contributed by atoms with Crippen LogP contribution in [0.4, 0.5) is 0 Å². The number of nitrogens with two attached hydrogens (primary N) is 1. The number of ether oxygens (including phenoxy) is 2. The predicted molar refractivity (Wildman–Crippen MR) is 100 cm³/mol. The standard InChI is InChI=1S/C17H18N2O7S2/c1-9(20)25-6-10-7-28-16-17(18,15(24)19(16)13(10)14(22)23)8-26-12(21)5-11-3-2-4-27-11/h2-4,16H,5-8,18H2,1H3,(H,22,23)/t16-,17?/m1/s1. The Morgan fingerprint density at radius 1 is 1.39 bits per heavy atom. The van der Waals surface area contributed by atoms with Crippen LogP contribution < -0.4 is 5.73 Å². The van der Waals surface area contributed by atoms with Crippen molar-refractivity contribution in [1.82, 2.24) is 4.90 Å². The quantitative estimate of drug-likeness (QED) is 0.467. The molecule has 11 heteroatoms. The Kier molecular flexibility index (Phi) is 5.77. The molecule has 0 bridgehead atoms. The van der Waals surface area contributed by atoms with Gasteiger partial charge in [-0.1, -0.05) is 6.07 Å². The minimum absolute atomic E-state index is 0.0796. The average Bonchev–Trinajstić information content (AvgIpc) is 3.15. The van der Waals surface area contributed by atoms with E-state index in [0.717, 1.165) is 9.78 Å². The second-order valence-corrected chi connectivity index (χ2v) is 8.43. The number of carbonyl (C=O) groups is 4. The molecular formula is C17H18N2O7S2. The van der Waals surface area contributed by atoms with Gasteiger partial charge < -0.3 is 20.3 Å². The van der Waals surface area contributed by atoms with Crippen molar-refractivity contribution in [1.29, 1.82) is 0 Å². The van der Waals surface area contributed by atoms with Gasteiger partial charge in [-0.05, 0) is 11.4 Å². The molecule has 0 aliphatic carbocycles. The highest BCUT2D eigenvalue weighted by Gasteiger charge is 2.63. The van der Waals surface area contributed by atoms with Crippen molar-refractivity contribution >= 4 is 46.9 Å². The van der Waals surface area contributed by atoms with Gasteiger partial charge in [0, 0.05) is 23.1 Å². The molecule has 1 unspecified atom stereocenters. The van der Waals surface area contributed by atoms with Gasteiger partial charge in [0.2, 0.25) is 0 Å². The molecular weight excluding hydrogens is 408 g/mol. The first-order chi connectivity index (χ1) is 13.2. The van der Waals surface area contributed by atoms with Crippen molar-refractivity contribution in [2.45, 2.75) is 24.3 Å². The van der Waals surface area contributed by atoms with E-state index in [4.69, 9.17) is 15.2 Å². The van der Waals surface area contributed by atoms with Crippen LogP contribution in [0.2, 0.25) is 0 Å². The number of thiophene rings is 1. The van der Waals surface area contributed by atoms with E-state index in [9.17, 15) is 24.3 Å². The molecule has 0 saturated carbocycles. The van der Waals surface area contributed by atoms with Gasteiger partial charge in [0.05, 0.1) is 6.42 Å². The molecule has 3 rings (SSSR count). The molecule has 1 fully saturated rings. The van der Waals surface area contributed by atoms with E-state index in [0.29, 0.717) is 5.57 Å². The monoisotopic (exact) mass is 426 g/mol. The summed E-state index contributed by atoms with van der Waals surface area (Å²) >= 11 is 2.65. The molecule has 1 aromatic rings. The smallest absolute Gasteiger partial charge is 0.352 e. The molecule has 3 heterocycles. The molecule has 1 amide bonds. The van der Waals surface area contributed by atoms with Crippen molar-refractivity contribution < 1.29 is 33.8 Å². The summed E-state index contributed by atoms with van der Waals surface area (Å²) in [4.78, 5) is 49.2. The van der Waals surface area contributed by atoms with Gasteiger partial charge in [0.25, 0.3) is 5.91 Å². The summed E-state index contributed by atoms with van der Waals surface area (Å²) in [5.74, 6) is -2.79. The third-order valence-corrected chi connectivity index (χ3v) is 6.64. The summed E-state index contributed by atoms with van der Waals surface area (Å²) in [7, 11) is 0. The van der Waals surface area contributed by atoms with E-state index >= 15 is 0 Å². The minimum atomic E-state index is -1.50.